The summed E-state index contributed by atoms with van der Waals surface area (Å²) in [6, 6.07) is 17.4. The molecule has 3 rings (SSSR count). The molecular formula is C21H22BrNO3. The Hall–Kier alpha value is -2.14. The predicted octanol–water partition coefficient (Wildman–Crippen LogP) is 4.09. The van der Waals surface area contributed by atoms with E-state index in [0.717, 1.165) is 36.8 Å². The Morgan fingerprint density at radius 1 is 1.04 bits per heavy atom. The van der Waals surface area contributed by atoms with E-state index in [9.17, 15) is 9.59 Å². The van der Waals surface area contributed by atoms with Gasteiger partial charge in [0.15, 0.2) is 6.61 Å². The number of carbonyl (C=O) groups is 2. The number of esters is 1. The highest BCUT2D eigenvalue weighted by Crippen LogP contribution is 2.21. The van der Waals surface area contributed by atoms with Gasteiger partial charge in [-0.3, -0.25) is 4.79 Å². The van der Waals surface area contributed by atoms with Crippen molar-refractivity contribution >= 4 is 27.8 Å². The van der Waals surface area contributed by atoms with Crippen LogP contribution >= 0.6 is 15.9 Å². The molecule has 0 atom stereocenters. The van der Waals surface area contributed by atoms with E-state index >= 15 is 0 Å². The number of amides is 1. The van der Waals surface area contributed by atoms with E-state index in [2.05, 4.69) is 40.2 Å². The van der Waals surface area contributed by atoms with Crippen LogP contribution in [0.25, 0.3) is 0 Å². The number of carbonyl (C=O) groups excluding carboxylic acids is 2. The SMILES string of the molecule is O=C(OCC(=O)N1CCC(Cc2ccccc2)CC1)c1cccc(Br)c1. The van der Waals surface area contributed by atoms with Crippen molar-refractivity contribution in [3.63, 3.8) is 0 Å². The van der Waals surface area contributed by atoms with Crippen LogP contribution in [-0.2, 0) is 16.0 Å². The Labute approximate surface area is 162 Å². The van der Waals surface area contributed by atoms with Gasteiger partial charge in [0.05, 0.1) is 5.56 Å². The first kappa shape index (κ1) is 18.6. The molecule has 1 amide bonds. The van der Waals surface area contributed by atoms with Gasteiger partial charge in [0.25, 0.3) is 5.91 Å². The molecule has 4 nitrogen and oxygen atoms in total. The summed E-state index contributed by atoms with van der Waals surface area (Å²) in [5.74, 6) is 0.00999. The summed E-state index contributed by atoms with van der Waals surface area (Å²) in [5, 5.41) is 0. The minimum absolute atomic E-state index is 0.119. The van der Waals surface area contributed by atoms with Crippen molar-refractivity contribution in [1.82, 2.24) is 4.90 Å². The average molecular weight is 416 g/mol. The second-order valence-electron chi connectivity index (χ2n) is 6.60. The maximum Gasteiger partial charge on any atom is 0.338 e. The number of benzene rings is 2. The summed E-state index contributed by atoms with van der Waals surface area (Å²) in [6.07, 6.45) is 3.03. The zero-order valence-electron chi connectivity index (χ0n) is 14.6. The zero-order chi connectivity index (χ0) is 18.4. The lowest BCUT2D eigenvalue weighted by atomic mass is 9.90. The van der Waals surface area contributed by atoms with Crippen LogP contribution in [0, 0.1) is 5.92 Å². The second-order valence-corrected chi connectivity index (χ2v) is 7.52. The fourth-order valence-corrected chi connectivity index (χ4v) is 3.65. The average Bonchev–Trinajstić information content (AvgIpc) is 2.67. The van der Waals surface area contributed by atoms with Gasteiger partial charge in [-0.2, -0.15) is 0 Å². The number of likely N-dealkylation sites (tertiary alicyclic amines) is 1. The van der Waals surface area contributed by atoms with Crippen LogP contribution in [0.1, 0.15) is 28.8 Å². The molecule has 0 aliphatic carbocycles. The van der Waals surface area contributed by atoms with Crippen LogP contribution < -0.4 is 0 Å². The maximum absolute atomic E-state index is 12.3. The minimum atomic E-state index is -0.474. The van der Waals surface area contributed by atoms with Crippen LogP contribution in [-0.4, -0.2) is 36.5 Å². The number of rotatable bonds is 5. The highest BCUT2D eigenvalue weighted by Gasteiger charge is 2.23. The lowest BCUT2D eigenvalue weighted by Crippen LogP contribution is -2.41. The van der Waals surface area contributed by atoms with E-state index in [1.54, 1.807) is 23.1 Å². The molecule has 2 aromatic carbocycles. The van der Waals surface area contributed by atoms with Gasteiger partial charge >= 0.3 is 5.97 Å². The van der Waals surface area contributed by atoms with Crippen LogP contribution in [0.15, 0.2) is 59.1 Å². The molecule has 0 spiro atoms. The van der Waals surface area contributed by atoms with Crippen LogP contribution in [0.5, 0.6) is 0 Å². The van der Waals surface area contributed by atoms with Gasteiger partial charge in [0.1, 0.15) is 0 Å². The van der Waals surface area contributed by atoms with Crippen molar-refractivity contribution in [2.75, 3.05) is 19.7 Å². The normalized spacial score (nSPS) is 14.9. The van der Waals surface area contributed by atoms with Gasteiger partial charge in [0, 0.05) is 17.6 Å². The quantitative estimate of drug-likeness (QED) is 0.690. The summed E-state index contributed by atoms with van der Waals surface area (Å²) >= 11 is 3.32. The topological polar surface area (TPSA) is 46.6 Å². The first-order valence-electron chi connectivity index (χ1n) is 8.86. The first-order chi connectivity index (χ1) is 12.6. The summed E-state index contributed by atoms with van der Waals surface area (Å²) in [5.41, 5.74) is 1.79. The summed E-state index contributed by atoms with van der Waals surface area (Å²) in [4.78, 5) is 26.1. The summed E-state index contributed by atoms with van der Waals surface area (Å²) in [6.45, 7) is 1.25. The third kappa shape index (κ3) is 5.18. The van der Waals surface area contributed by atoms with E-state index in [4.69, 9.17) is 4.74 Å². The number of hydrogen-bond donors (Lipinski definition) is 0. The third-order valence-electron chi connectivity index (χ3n) is 4.72. The molecule has 0 radical (unpaired) electrons. The van der Waals surface area contributed by atoms with Gasteiger partial charge in [-0.15, -0.1) is 0 Å². The van der Waals surface area contributed by atoms with Crippen molar-refractivity contribution in [2.45, 2.75) is 19.3 Å². The Bertz CT molecular complexity index is 755. The molecule has 1 fully saturated rings. The zero-order valence-corrected chi connectivity index (χ0v) is 16.2. The Morgan fingerprint density at radius 2 is 1.77 bits per heavy atom. The van der Waals surface area contributed by atoms with E-state index in [1.165, 1.54) is 5.56 Å². The van der Waals surface area contributed by atoms with Crippen molar-refractivity contribution in [1.29, 1.82) is 0 Å². The van der Waals surface area contributed by atoms with Crippen molar-refractivity contribution < 1.29 is 14.3 Å². The van der Waals surface area contributed by atoms with Gasteiger partial charge in [-0.1, -0.05) is 52.3 Å². The molecule has 0 unspecified atom stereocenters. The fourth-order valence-electron chi connectivity index (χ4n) is 3.25. The molecule has 2 aromatic rings. The molecular weight excluding hydrogens is 394 g/mol. The molecule has 0 bridgehead atoms. The van der Waals surface area contributed by atoms with Gasteiger partial charge in [0.2, 0.25) is 0 Å². The molecule has 1 heterocycles. The molecule has 0 aromatic heterocycles. The molecule has 0 N–H and O–H groups in total. The summed E-state index contributed by atoms with van der Waals surface area (Å²) < 4.78 is 5.97. The highest BCUT2D eigenvalue weighted by atomic mass is 79.9. The predicted molar refractivity (Wildman–Crippen MR) is 104 cm³/mol. The number of hydrogen-bond acceptors (Lipinski definition) is 3. The van der Waals surface area contributed by atoms with E-state index in [-0.39, 0.29) is 12.5 Å². The van der Waals surface area contributed by atoms with Crippen LogP contribution in [0.2, 0.25) is 0 Å². The van der Waals surface area contributed by atoms with Gasteiger partial charge < -0.3 is 9.64 Å². The van der Waals surface area contributed by atoms with Gasteiger partial charge in [-0.05, 0) is 48.9 Å². The van der Waals surface area contributed by atoms with E-state index in [1.807, 2.05) is 12.1 Å². The Morgan fingerprint density at radius 3 is 2.46 bits per heavy atom. The third-order valence-corrected chi connectivity index (χ3v) is 5.21. The number of ether oxygens (including phenoxy) is 1. The molecule has 1 aliphatic rings. The lowest BCUT2D eigenvalue weighted by Gasteiger charge is -2.32. The standard InChI is InChI=1S/C21H22BrNO3/c22-19-8-4-7-18(14-19)21(25)26-15-20(24)23-11-9-17(10-12-23)13-16-5-2-1-3-6-16/h1-8,14,17H,9-13,15H2. The molecule has 5 heteroatoms. The monoisotopic (exact) mass is 415 g/mol. The smallest absolute Gasteiger partial charge is 0.338 e. The maximum atomic E-state index is 12.3. The van der Waals surface area contributed by atoms with E-state index < -0.39 is 5.97 Å². The van der Waals surface area contributed by atoms with E-state index in [0.29, 0.717) is 11.5 Å². The Kier molecular flexibility index (Phi) is 6.45. The summed E-state index contributed by atoms with van der Waals surface area (Å²) in [7, 11) is 0. The number of halogens is 1. The van der Waals surface area contributed by atoms with Crippen molar-refractivity contribution in [2.24, 2.45) is 5.92 Å². The lowest BCUT2D eigenvalue weighted by molar-refractivity contribution is -0.135. The minimum Gasteiger partial charge on any atom is -0.452 e. The molecule has 26 heavy (non-hydrogen) atoms. The molecule has 136 valence electrons. The largest absolute Gasteiger partial charge is 0.452 e. The fraction of sp³-hybridized carbons (Fsp3) is 0.333. The van der Waals surface area contributed by atoms with Crippen LogP contribution in [0.3, 0.4) is 0 Å². The Balaban J connectivity index is 1.43. The molecule has 0 saturated carbocycles. The van der Waals surface area contributed by atoms with Crippen molar-refractivity contribution in [3.8, 4) is 0 Å². The number of piperidine rings is 1. The van der Waals surface area contributed by atoms with Gasteiger partial charge in [-0.25, -0.2) is 4.79 Å². The first-order valence-corrected chi connectivity index (χ1v) is 9.65. The van der Waals surface area contributed by atoms with Crippen molar-refractivity contribution in [3.05, 3.63) is 70.2 Å². The van der Waals surface area contributed by atoms with Crippen LogP contribution in [0.4, 0.5) is 0 Å². The number of nitrogens with zero attached hydrogens (tertiary/aromatic N) is 1. The molecule has 1 saturated heterocycles. The molecule has 1 aliphatic heterocycles. The highest BCUT2D eigenvalue weighted by molar-refractivity contribution is 9.10. The second kappa shape index (κ2) is 8.99.